The fraction of sp³-hybridized carbons (Fsp3) is 0.625. The summed E-state index contributed by atoms with van der Waals surface area (Å²) in [6.45, 7) is 2.22. The highest BCUT2D eigenvalue weighted by Gasteiger charge is 2.46. The van der Waals surface area contributed by atoms with Crippen LogP contribution in [0.3, 0.4) is 0 Å². The Bertz CT molecular complexity index is 479. The largest absolute Gasteiger partial charge is 0.386 e. The molecule has 1 saturated carbocycles. The maximum atomic E-state index is 11.0. The Hall–Kier alpha value is -0.280. The highest BCUT2D eigenvalue weighted by atomic mass is 35.5. The van der Waals surface area contributed by atoms with Gasteiger partial charge in [0.05, 0.1) is 21.7 Å². The minimum absolute atomic E-state index is 0.0896. The first-order valence-corrected chi connectivity index (χ1v) is 8.27. The van der Waals surface area contributed by atoms with Gasteiger partial charge in [0, 0.05) is 0 Å². The number of aliphatic hydroxyl groups is 1. The Morgan fingerprint density at radius 3 is 2.25 bits per heavy atom. The van der Waals surface area contributed by atoms with Crippen molar-refractivity contribution in [2.75, 3.05) is 13.1 Å². The highest BCUT2D eigenvalue weighted by molar-refractivity contribution is 6.42. The van der Waals surface area contributed by atoms with E-state index in [0.717, 1.165) is 31.5 Å². The molecule has 1 aliphatic carbocycles. The van der Waals surface area contributed by atoms with Gasteiger partial charge in [-0.3, -0.25) is 4.90 Å². The number of hydrogen-bond donors (Lipinski definition) is 1. The number of aliphatic hydroxyl groups excluding tert-OH is 1. The number of likely N-dealkylation sites (tertiary alicyclic amines) is 1. The lowest BCUT2D eigenvalue weighted by atomic mass is 9.84. The van der Waals surface area contributed by atoms with Crippen LogP contribution in [-0.2, 0) is 0 Å². The second-order valence-corrected chi connectivity index (χ2v) is 6.90. The van der Waals surface area contributed by atoms with Gasteiger partial charge in [0.15, 0.2) is 0 Å². The normalized spacial score (nSPS) is 24.1. The Labute approximate surface area is 130 Å². The van der Waals surface area contributed by atoms with Crippen LogP contribution >= 0.6 is 23.2 Å². The van der Waals surface area contributed by atoms with Crippen LogP contribution in [0.1, 0.15) is 50.2 Å². The third-order valence-electron chi connectivity index (χ3n) is 4.97. The summed E-state index contributed by atoms with van der Waals surface area (Å²) < 4.78 is 0. The average molecular weight is 314 g/mol. The van der Waals surface area contributed by atoms with Crippen LogP contribution < -0.4 is 0 Å². The van der Waals surface area contributed by atoms with Crippen molar-refractivity contribution in [3.8, 4) is 0 Å². The molecule has 0 aromatic heterocycles. The minimum Gasteiger partial charge on any atom is -0.386 e. The minimum atomic E-state index is -0.474. The zero-order valence-corrected chi connectivity index (χ0v) is 13.1. The van der Waals surface area contributed by atoms with Gasteiger partial charge in [-0.1, -0.05) is 42.1 Å². The fourth-order valence-corrected chi connectivity index (χ4v) is 4.21. The summed E-state index contributed by atoms with van der Waals surface area (Å²) >= 11 is 12.1. The molecule has 2 nitrogen and oxygen atoms in total. The van der Waals surface area contributed by atoms with Crippen molar-refractivity contribution in [3.63, 3.8) is 0 Å². The Morgan fingerprint density at radius 1 is 1.00 bits per heavy atom. The van der Waals surface area contributed by atoms with E-state index in [1.54, 1.807) is 6.07 Å². The topological polar surface area (TPSA) is 23.5 Å². The van der Waals surface area contributed by atoms with E-state index in [1.165, 1.54) is 25.7 Å². The van der Waals surface area contributed by atoms with Gasteiger partial charge in [0.1, 0.15) is 0 Å². The number of hydrogen-bond acceptors (Lipinski definition) is 2. The van der Waals surface area contributed by atoms with Gasteiger partial charge in [-0.25, -0.2) is 0 Å². The van der Waals surface area contributed by atoms with Gasteiger partial charge in [-0.2, -0.15) is 0 Å². The van der Waals surface area contributed by atoms with Crippen molar-refractivity contribution in [2.24, 2.45) is 0 Å². The molecule has 1 aromatic rings. The van der Waals surface area contributed by atoms with E-state index < -0.39 is 6.10 Å². The lowest BCUT2D eigenvalue weighted by molar-refractivity contribution is -0.0195. The van der Waals surface area contributed by atoms with Gasteiger partial charge >= 0.3 is 0 Å². The summed E-state index contributed by atoms with van der Waals surface area (Å²) in [6, 6.07) is 5.52. The van der Waals surface area contributed by atoms with E-state index in [2.05, 4.69) is 4.90 Å². The van der Waals surface area contributed by atoms with Crippen LogP contribution in [0.25, 0.3) is 0 Å². The first-order chi connectivity index (χ1) is 9.63. The molecule has 2 fully saturated rings. The Morgan fingerprint density at radius 2 is 1.65 bits per heavy atom. The summed E-state index contributed by atoms with van der Waals surface area (Å²) in [5.41, 5.74) is 0.807. The molecule has 1 aromatic carbocycles. The summed E-state index contributed by atoms with van der Waals surface area (Å²) in [7, 11) is 0. The van der Waals surface area contributed by atoms with E-state index >= 15 is 0 Å². The first kappa shape index (κ1) is 14.6. The standard InChI is InChI=1S/C16H21Cl2NO/c17-13-6-5-12(11-14(13)18)15(20)16(7-1-2-8-16)19-9-3-4-10-19/h5-6,11,15,20H,1-4,7-10H2. The third-order valence-corrected chi connectivity index (χ3v) is 5.71. The lowest BCUT2D eigenvalue weighted by Gasteiger charge is -2.43. The van der Waals surface area contributed by atoms with Gasteiger partial charge in [-0.15, -0.1) is 0 Å². The maximum Gasteiger partial charge on any atom is 0.0974 e. The van der Waals surface area contributed by atoms with Gasteiger partial charge in [-0.05, 0) is 56.5 Å². The molecular formula is C16H21Cl2NO. The van der Waals surface area contributed by atoms with Crippen LogP contribution in [0.15, 0.2) is 18.2 Å². The molecule has 1 saturated heterocycles. The van der Waals surface area contributed by atoms with Crippen LogP contribution in [0, 0.1) is 0 Å². The average Bonchev–Trinajstić information content (AvgIpc) is 3.12. The summed E-state index contributed by atoms with van der Waals surface area (Å²) in [5, 5.41) is 12.1. The van der Waals surface area contributed by atoms with Crippen LogP contribution in [0.4, 0.5) is 0 Å². The summed E-state index contributed by atoms with van der Waals surface area (Å²) in [5.74, 6) is 0. The van der Waals surface area contributed by atoms with E-state index in [1.807, 2.05) is 12.1 Å². The summed E-state index contributed by atoms with van der Waals surface area (Å²) in [4.78, 5) is 2.51. The van der Waals surface area contributed by atoms with Gasteiger partial charge < -0.3 is 5.11 Å². The van der Waals surface area contributed by atoms with Crippen molar-refractivity contribution >= 4 is 23.2 Å². The van der Waals surface area contributed by atoms with Crippen molar-refractivity contribution < 1.29 is 5.11 Å². The quantitative estimate of drug-likeness (QED) is 0.892. The molecule has 1 unspecified atom stereocenters. The van der Waals surface area contributed by atoms with Crippen molar-refractivity contribution in [2.45, 2.75) is 50.2 Å². The molecule has 0 spiro atoms. The molecule has 1 atom stereocenters. The molecule has 0 amide bonds. The molecule has 4 heteroatoms. The van der Waals surface area contributed by atoms with Crippen LogP contribution in [0.5, 0.6) is 0 Å². The van der Waals surface area contributed by atoms with E-state index in [0.29, 0.717) is 10.0 Å². The summed E-state index contributed by atoms with van der Waals surface area (Å²) in [6.07, 6.45) is 6.58. The Kier molecular flexibility index (Phi) is 4.28. The molecule has 1 aliphatic heterocycles. The van der Waals surface area contributed by atoms with E-state index in [4.69, 9.17) is 23.2 Å². The number of rotatable bonds is 3. The van der Waals surface area contributed by atoms with Crippen LogP contribution in [-0.4, -0.2) is 28.6 Å². The molecule has 2 aliphatic rings. The third kappa shape index (κ3) is 2.48. The molecule has 20 heavy (non-hydrogen) atoms. The Balaban J connectivity index is 1.92. The molecule has 3 rings (SSSR count). The zero-order chi connectivity index (χ0) is 14.2. The SMILES string of the molecule is OC(c1ccc(Cl)c(Cl)c1)C1(N2CCCC2)CCCC1. The van der Waals surface area contributed by atoms with E-state index in [9.17, 15) is 5.11 Å². The second kappa shape index (κ2) is 5.84. The van der Waals surface area contributed by atoms with E-state index in [-0.39, 0.29) is 5.54 Å². The first-order valence-electron chi connectivity index (χ1n) is 7.51. The monoisotopic (exact) mass is 313 g/mol. The van der Waals surface area contributed by atoms with Crippen molar-refractivity contribution in [3.05, 3.63) is 33.8 Å². The molecule has 1 heterocycles. The van der Waals surface area contributed by atoms with Crippen LogP contribution in [0.2, 0.25) is 10.0 Å². The fourth-order valence-electron chi connectivity index (χ4n) is 3.90. The van der Waals surface area contributed by atoms with Crippen molar-refractivity contribution in [1.29, 1.82) is 0 Å². The lowest BCUT2D eigenvalue weighted by Crippen LogP contribution is -2.49. The molecule has 110 valence electrons. The maximum absolute atomic E-state index is 11.0. The second-order valence-electron chi connectivity index (χ2n) is 6.08. The number of halogens is 2. The molecular weight excluding hydrogens is 293 g/mol. The predicted molar refractivity (Wildman–Crippen MR) is 83.4 cm³/mol. The molecule has 0 radical (unpaired) electrons. The smallest absolute Gasteiger partial charge is 0.0974 e. The van der Waals surface area contributed by atoms with Crippen molar-refractivity contribution in [1.82, 2.24) is 4.90 Å². The number of nitrogens with zero attached hydrogens (tertiary/aromatic N) is 1. The highest BCUT2D eigenvalue weighted by Crippen LogP contribution is 2.46. The number of benzene rings is 1. The van der Waals surface area contributed by atoms with Gasteiger partial charge in [0.25, 0.3) is 0 Å². The zero-order valence-electron chi connectivity index (χ0n) is 11.6. The molecule has 0 bridgehead atoms. The molecule has 1 N–H and O–H groups in total. The predicted octanol–water partition coefficient (Wildman–Crippen LogP) is 4.44. The van der Waals surface area contributed by atoms with Gasteiger partial charge in [0.2, 0.25) is 0 Å².